The second-order valence-corrected chi connectivity index (χ2v) is 10.7. The Morgan fingerprint density at radius 3 is 2.72 bits per heavy atom. The van der Waals surface area contributed by atoms with E-state index in [1.165, 1.54) is 7.11 Å². The molecule has 2 atom stereocenters. The molecular weight excluding hydrogens is 502 g/mol. The normalized spacial score (nSPS) is 23.7. The topological polar surface area (TPSA) is 127 Å². The highest BCUT2D eigenvalue weighted by Gasteiger charge is 2.52. The van der Waals surface area contributed by atoms with Crippen LogP contribution in [0, 0.1) is 5.41 Å². The average molecular weight is 534 g/mol. The number of hydrogen-bond acceptors (Lipinski definition) is 7. The number of benzene rings is 2. The van der Waals surface area contributed by atoms with Crippen LogP contribution in [0.2, 0.25) is 0 Å². The van der Waals surface area contributed by atoms with Crippen LogP contribution in [0.5, 0.6) is 5.88 Å². The van der Waals surface area contributed by atoms with Gasteiger partial charge in [0.15, 0.2) is 0 Å². The summed E-state index contributed by atoms with van der Waals surface area (Å²) in [6.45, 7) is 3.49. The number of nitrogens with zero attached hydrogens (tertiary/aromatic N) is 2. The van der Waals surface area contributed by atoms with Crippen molar-refractivity contribution in [3.8, 4) is 5.88 Å². The van der Waals surface area contributed by atoms with Crippen LogP contribution in [0.15, 0.2) is 48.5 Å². The number of carboxylic acids is 1. The Balaban J connectivity index is 1.64. The van der Waals surface area contributed by atoms with Crippen LogP contribution in [0.4, 0.5) is 4.79 Å². The van der Waals surface area contributed by atoms with Crippen LogP contribution < -0.4 is 10.1 Å². The van der Waals surface area contributed by atoms with E-state index >= 15 is 0 Å². The summed E-state index contributed by atoms with van der Waals surface area (Å²) in [4.78, 5) is 43.4. The Morgan fingerprint density at radius 2 is 1.95 bits per heavy atom. The summed E-state index contributed by atoms with van der Waals surface area (Å²) < 4.78 is 17.5. The molecule has 1 aromatic heterocycles. The molecule has 3 heterocycles. The summed E-state index contributed by atoms with van der Waals surface area (Å²) in [5.74, 6) is -2.99. The Hall–Kier alpha value is -4.18. The predicted molar refractivity (Wildman–Crippen MR) is 144 cm³/mol. The number of carbonyl (C=O) groups excluding carboxylic acids is 2. The van der Waals surface area contributed by atoms with E-state index in [2.05, 4.69) is 5.32 Å². The second kappa shape index (κ2) is 10.2. The number of hydrogen-bond donors (Lipinski definition) is 2. The van der Waals surface area contributed by atoms with Gasteiger partial charge in [0.25, 0.3) is 0 Å². The molecule has 2 aliphatic heterocycles. The summed E-state index contributed by atoms with van der Waals surface area (Å²) in [7, 11) is 1.41. The number of cyclic esters (lactones) is 1. The third kappa shape index (κ3) is 5.37. The molecule has 3 aromatic rings. The van der Waals surface area contributed by atoms with Crippen LogP contribution in [-0.4, -0.2) is 71.6 Å². The fraction of sp³-hybridized carbons (Fsp3) is 0.379. The molecule has 1 saturated heterocycles. The van der Waals surface area contributed by atoms with Gasteiger partial charge in [0.1, 0.15) is 12.6 Å². The van der Waals surface area contributed by atoms with Crippen LogP contribution in [0.1, 0.15) is 32.3 Å². The summed E-state index contributed by atoms with van der Waals surface area (Å²) in [6.07, 6.45) is 3.77. The summed E-state index contributed by atoms with van der Waals surface area (Å²) in [5.41, 5.74) is 1.27. The zero-order valence-electron chi connectivity index (χ0n) is 22.1. The number of pyridine rings is 1. The fourth-order valence-electron chi connectivity index (χ4n) is 5.02. The van der Waals surface area contributed by atoms with Crippen molar-refractivity contribution in [2.45, 2.75) is 38.5 Å². The number of carboxylic acid groups (broad SMARTS) is 1. The average Bonchev–Trinajstić information content (AvgIpc) is 3.31. The molecule has 5 rings (SSSR count). The minimum atomic E-state index is -1.47. The lowest BCUT2D eigenvalue weighted by Gasteiger charge is -2.29. The third-order valence-electron chi connectivity index (χ3n) is 7.20. The van der Waals surface area contributed by atoms with Crippen molar-refractivity contribution < 1.29 is 33.7 Å². The van der Waals surface area contributed by atoms with Gasteiger partial charge in [-0.15, -0.1) is 0 Å². The maximum atomic E-state index is 13.1. The highest BCUT2D eigenvalue weighted by Crippen LogP contribution is 2.38. The van der Waals surface area contributed by atoms with E-state index in [0.29, 0.717) is 11.9 Å². The lowest BCUT2D eigenvalue weighted by molar-refractivity contribution is -0.159. The minimum Gasteiger partial charge on any atom is -0.480 e. The molecule has 0 saturated carbocycles. The highest BCUT2D eigenvalue weighted by molar-refractivity contribution is 6.08. The number of nitrogens with one attached hydrogen (secondary N) is 1. The van der Waals surface area contributed by atoms with Gasteiger partial charge >= 0.3 is 12.1 Å². The van der Waals surface area contributed by atoms with Crippen LogP contribution in [-0.2, 0) is 19.1 Å². The number of ether oxygens (including phenoxy) is 3. The van der Waals surface area contributed by atoms with Crippen molar-refractivity contribution in [2.24, 2.45) is 5.41 Å². The fourth-order valence-corrected chi connectivity index (χ4v) is 5.02. The SMILES string of the molecule is COC12CC(C(=O)O)N(C1)C(=O)CNC(=O)OCC(C)(C)CC=Cc1ccc3c(c1)c(nc1ccccc13)O2. The quantitative estimate of drug-likeness (QED) is 0.474. The Kier molecular flexibility index (Phi) is 6.90. The first-order chi connectivity index (χ1) is 18.6. The summed E-state index contributed by atoms with van der Waals surface area (Å²) in [5, 5.41) is 15.0. The molecule has 0 spiro atoms. The first kappa shape index (κ1) is 26.4. The number of alkyl carbamates (subject to hydrolysis) is 1. The molecule has 2 aromatic carbocycles. The molecular formula is C29H31N3O7. The molecule has 2 N–H and O–H groups in total. The van der Waals surface area contributed by atoms with Gasteiger partial charge < -0.3 is 29.5 Å². The first-order valence-electron chi connectivity index (χ1n) is 12.8. The zero-order valence-corrected chi connectivity index (χ0v) is 22.1. The summed E-state index contributed by atoms with van der Waals surface area (Å²) >= 11 is 0. The van der Waals surface area contributed by atoms with Crippen LogP contribution in [0.25, 0.3) is 27.8 Å². The predicted octanol–water partition coefficient (Wildman–Crippen LogP) is 3.96. The Morgan fingerprint density at radius 1 is 1.15 bits per heavy atom. The number of aliphatic carboxylic acids is 1. The smallest absolute Gasteiger partial charge is 0.407 e. The molecule has 39 heavy (non-hydrogen) atoms. The number of fused-ring (bicyclic) bond motifs is 5. The molecule has 2 unspecified atom stereocenters. The van der Waals surface area contributed by atoms with Crippen molar-refractivity contribution in [1.82, 2.24) is 15.2 Å². The van der Waals surface area contributed by atoms with E-state index in [1.54, 1.807) is 0 Å². The lowest BCUT2D eigenvalue weighted by Crippen LogP contribution is -2.47. The highest BCUT2D eigenvalue weighted by atomic mass is 16.7. The van der Waals surface area contributed by atoms with E-state index in [9.17, 15) is 19.5 Å². The number of para-hydroxylation sites is 1. The number of methoxy groups -OCH3 is 1. The molecule has 2 aliphatic rings. The van der Waals surface area contributed by atoms with Crippen molar-refractivity contribution in [1.29, 1.82) is 0 Å². The minimum absolute atomic E-state index is 0.126. The van der Waals surface area contributed by atoms with Gasteiger partial charge in [0.05, 0.1) is 18.7 Å². The van der Waals surface area contributed by atoms with E-state index in [1.807, 2.05) is 68.5 Å². The number of amides is 2. The van der Waals surface area contributed by atoms with Gasteiger partial charge in [-0.3, -0.25) is 4.79 Å². The molecule has 0 aliphatic carbocycles. The van der Waals surface area contributed by atoms with Crippen molar-refractivity contribution in [3.05, 3.63) is 54.1 Å². The monoisotopic (exact) mass is 533 g/mol. The molecule has 10 nitrogen and oxygen atoms in total. The van der Waals surface area contributed by atoms with Gasteiger partial charge in [0.2, 0.25) is 17.6 Å². The Bertz CT molecular complexity index is 1480. The zero-order chi connectivity index (χ0) is 27.8. The largest absolute Gasteiger partial charge is 0.480 e. The van der Waals surface area contributed by atoms with Gasteiger partial charge in [-0.05, 0) is 29.5 Å². The van der Waals surface area contributed by atoms with E-state index in [4.69, 9.17) is 19.2 Å². The van der Waals surface area contributed by atoms with Gasteiger partial charge in [-0.1, -0.05) is 56.3 Å². The lowest BCUT2D eigenvalue weighted by atomic mass is 9.90. The first-order valence-corrected chi connectivity index (χ1v) is 12.8. The van der Waals surface area contributed by atoms with Crippen molar-refractivity contribution in [2.75, 3.05) is 26.8 Å². The van der Waals surface area contributed by atoms with Crippen LogP contribution in [0.3, 0.4) is 0 Å². The maximum Gasteiger partial charge on any atom is 0.407 e. The van der Waals surface area contributed by atoms with Crippen molar-refractivity contribution >= 4 is 45.7 Å². The second-order valence-electron chi connectivity index (χ2n) is 10.7. The third-order valence-corrected chi connectivity index (χ3v) is 7.20. The molecule has 1 fully saturated rings. The van der Waals surface area contributed by atoms with Gasteiger partial charge in [0, 0.05) is 29.7 Å². The summed E-state index contributed by atoms with van der Waals surface area (Å²) in [6, 6.07) is 12.5. The van der Waals surface area contributed by atoms with Gasteiger partial charge in [-0.2, -0.15) is 0 Å². The van der Waals surface area contributed by atoms with Crippen molar-refractivity contribution in [3.63, 3.8) is 0 Å². The molecule has 2 amide bonds. The van der Waals surface area contributed by atoms with Crippen LogP contribution >= 0.6 is 0 Å². The molecule has 10 heteroatoms. The number of carbonyl (C=O) groups is 3. The standard InChI is InChI=1S/C29H31N3O7/c1-28(2)12-6-7-18-10-11-19-20-8-4-5-9-22(20)31-25(21(19)13-18)39-29(37-3)14-23(26(34)35)32(16-29)24(33)15-30-27(36)38-17-28/h4-11,13,23H,12,14-17H2,1-3H3,(H,30,36)(H,34,35). The Labute approximate surface area is 225 Å². The maximum absolute atomic E-state index is 13.1. The van der Waals surface area contributed by atoms with Gasteiger partial charge in [-0.25, -0.2) is 14.6 Å². The molecule has 0 radical (unpaired) electrons. The number of rotatable bonds is 2. The van der Waals surface area contributed by atoms with E-state index in [-0.39, 0.29) is 30.9 Å². The van der Waals surface area contributed by atoms with E-state index in [0.717, 1.165) is 26.6 Å². The molecule has 204 valence electrons. The number of allylic oxidation sites excluding steroid dienone is 1. The van der Waals surface area contributed by atoms with E-state index < -0.39 is 36.3 Å². The molecule has 4 bridgehead atoms. The number of aromatic nitrogens is 1.